The van der Waals surface area contributed by atoms with E-state index in [2.05, 4.69) is 15.9 Å². The molecule has 0 fully saturated rings. The first-order chi connectivity index (χ1) is 6.40. The van der Waals surface area contributed by atoms with Gasteiger partial charge in [0.1, 0.15) is 0 Å². The quantitative estimate of drug-likeness (QED) is 0.611. The zero-order valence-corrected chi connectivity index (χ0v) is 10.4. The third kappa shape index (κ3) is 3.27. The minimum absolute atomic E-state index is 0.201. The molecular weight excluding hydrogens is 264 g/mol. The summed E-state index contributed by atoms with van der Waals surface area (Å²) in [6.45, 7) is 0. The summed E-state index contributed by atoms with van der Waals surface area (Å²) in [4.78, 5) is 11.6. The number of benzene rings is 1. The van der Waals surface area contributed by atoms with Crippen LogP contribution in [0.2, 0.25) is 0 Å². The first-order valence-corrected chi connectivity index (χ1v) is 7.21. The molecule has 0 aromatic heterocycles. The van der Waals surface area contributed by atoms with Gasteiger partial charge in [0.25, 0.3) is 0 Å². The predicted octanol–water partition coefficient (Wildman–Crippen LogP) is 1.98. The monoisotopic (exact) mass is 274 g/mol. The van der Waals surface area contributed by atoms with Gasteiger partial charge in [0.2, 0.25) is 0 Å². The van der Waals surface area contributed by atoms with Crippen molar-refractivity contribution in [1.29, 1.82) is 0 Å². The highest BCUT2D eigenvalue weighted by Crippen LogP contribution is 2.15. The highest BCUT2D eigenvalue weighted by molar-refractivity contribution is 9.10. The molecule has 0 unspecified atom stereocenters. The van der Waals surface area contributed by atoms with E-state index >= 15 is 0 Å². The fraction of sp³-hybridized carbons (Fsp3) is 0.200. The topological polar surface area (TPSA) is 34.1 Å². The van der Waals surface area contributed by atoms with E-state index in [0.717, 1.165) is 4.47 Å². The summed E-state index contributed by atoms with van der Waals surface area (Å²) in [5.74, 6) is -0.201. The van der Waals surface area contributed by atoms with E-state index in [-0.39, 0.29) is 5.78 Å². The summed E-state index contributed by atoms with van der Waals surface area (Å²) in [5, 5.41) is 1.27. The fourth-order valence-electron chi connectivity index (χ4n) is 0.982. The van der Waals surface area contributed by atoms with Crippen LogP contribution in [0.4, 0.5) is 0 Å². The Bertz CT molecular complexity index is 463. The maximum Gasteiger partial charge on any atom is 0.194 e. The van der Waals surface area contributed by atoms with E-state index in [4.69, 9.17) is 0 Å². The van der Waals surface area contributed by atoms with Crippen molar-refractivity contribution >= 4 is 36.6 Å². The van der Waals surface area contributed by atoms with Crippen LogP contribution in [-0.2, 0) is 9.52 Å². The lowest BCUT2D eigenvalue weighted by molar-refractivity contribution is 0.107. The van der Waals surface area contributed by atoms with Crippen molar-refractivity contribution in [3.63, 3.8) is 0 Å². The first-order valence-electron chi connectivity index (χ1n) is 3.98. The maximum atomic E-state index is 11.6. The zero-order chi connectivity index (χ0) is 10.8. The Hall–Kier alpha value is -0.610. The average molecular weight is 275 g/mol. The number of halogens is 1. The lowest BCUT2D eigenvalue weighted by Gasteiger charge is -1.99. The predicted molar refractivity (Wildman–Crippen MR) is 64.5 cm³/mol. The van der Waals surface area contributed by atoms with Crippen molar-refractivity contribution in [2.75, 3.05) is 12.5 Å². The van der Waals surface area contributed by atoms with E-state index in [0.29, 0.717) is 5.56 Å². The third-order valence-electron chi connectivity index (χ3n) is 1.53. The van der Waals surface area contributed by atoms with Crippen LogP contribution in [0.3, 0.4) is 0 Å². The van der Waals surface area contributed by atoms with Crippen LogP contribution < -0.4 is 0 Å². The van der Waals surface area contributed by atoms with Gasteiger partial charge in [-0.1, -0.05) is 28.1 Å². The van der Waals surface area contributed by atoms with E-state index < -0.39 is 9.52 Å². The Morgan fingerprint density at radius 1 is 1.36 bits per heavy atom. The Morgan fingerprint density at radius 3 is 2.43 bits per heavy atom. The summed E-state index contributed by atoms with van der Waals surface area (Å²) in [6, 6.07) is 7.09. The van der Waals surface area contributed by atoms with Crippen molar-refractivity contribution < 1.29 is 9.00 Å². The minimum Gasteiger partial charge on any atom is -0.289 e. The Morgan fingerprint density at radius 2 is 1.93 bits per heavy atom. The molecule has 0 atom stereocenters. The van der Waals surface area contributed by atoms with Crippen LogP contribution in [0.15, 0.2) is 28.7 Å². The summed E-state index contributed by atoms with van der Waals surface area (Å²) >= 11 is 3.27. The van der Waals surface area contributed by atoms with Gasteiger partial charge < -0.3 is 0 Å². The molecule has 0 aliphatic rings. The molecule has 0 N–H and O–H groups in total. The Labute approximate surface area is 92.5 Å². The van der Waals surface area contributed by atoms with Gasteiger partial charge in [-0.15, -0.1) is 0 Å². The maximum absolute atomic E-state index is 11.6. The van der Waals surface area contributed by atoms with Crippen LogP contribution >= 0.6 is 15.9 Å². The molecule has 1 rings (SSSR count). The molecule has 0 heterocycles. The third-order valence-corrected chi connectivity index (χ3v) is 3.00. The fourth-order valence-corrected chi connectivity index (χ4v) is 2.10. The number of ketones is 1. The second-order valence-electron chi connectivity index (χ2n) is 3.27. The second kappa shape index (κ2) is 4.28. The van der Waals surface area contributed by atoms with Crippen molar-refractivity contribution in [2.24, 2.45) is 0 Å². The summed E-state index contributed by atoms with van der Waals surface area (Å²) < 4.78 is 12.1. The van der Waals surface area contributed by atoms with Crippen molar-refractivity contribution in [3.8, 4) is 0 Å². The molecule has 0 spiro atoms. The molecular formula is C10H11BrO2S. The van der Waals surface area contributed by atoms with E-state index in [9.17, 15) is 9.00 Å². The van der Waals surface area contributed by atoms with Crippen molar-refractivity contribution in [2.45, 2.75) is 0 Å². The summed E-state index contributed by atoms with van der Waals surface area (Å²) in [5.41, 5.74) is 0.545. The SMILES string of the molecule is CS(C)(=O)=CC(=O)c1ccccc1Br. The number of rotatable bonds is 2. The number of Topliss-reactive ketones (excluding diaryl/α,β-unsaturated/α-hetero) is 1. The first kappa shape index (κ1) is 11.5. The van der Waals surface area contributed by atoms with Crippen molar-refractivity contribution in [3.05, 3.63) is 34.3 Å². The molecule has 1 aromatic rings. The van der Waals surface area contributed by atoms with Crippen molar-refractivity contribution in [1.82, 2.24) is 0 Å². The highest BCUT2D eigenvalue weighted by Gasteiger charge is 2.07. The molecule has 14 heavy (non-hydrogen) atoms. The molecule has 0 amide bonds. The van der Waals surface area contributed by atoms with Crippen LogP contribution in [0, 0.1) is 0 Å². The molecule has 0 radical (unpaired) electrons. The number of carbonyl (C=O) groups excluding carboxylic acids is 1. The van der Waals surface area contributed by atoms with E-state index in [1.54, 1.807) is 30.7 Å². The van der Waals surface area contributed by atoms with Gasteiger partial charge in [0, 0.05) is 27.9 Å². The molecule has 1 aromatic carbocycles. The van der Waals surface area contributed by atoms with Crippen LogP contribution in [0.25, 0.3) is 0 Å². The molecule has 0 saturated carbocycles. The van der Waals surface area contributed by atoms with E-state index in [1.165, 1.54) is 5.37 Å². The van der Waals surface area contributed by atoms with Gasteiger partial charge in [0.05, 0.1) is 0 Å². The summed E-state index contributed by atoms with van der Waals surface area (Å²) in [6.07, 6.45) is 3.09. The number of carbonyl (C=O) groups is 1. The Balaban J connectivity index is 3.16. The second-order valence-corrected chi connectivity index (χ2v) is 6.98. The van der Waals surface area contributed by atoms with E-state index in [1.807, 2.05) is 6.07 Å². The summed E-state index contributed by atoms with van der Waals surface area (Å²) in [7, 11) is -2.13. The molecule has 0 aliphatic heterocycles. The lowest BCUT2D eigenvalue weighted by atomic mass is 10.2. The normalized spacial score (nSPS) is 11.1. The molecule has 0 saturated heterocycles. The average Bonchev–Trinajstić information content (AvgIpc) is 2.01. The van der Waals surface area contributed by atoms with Crippen LogP contribution in [0.5, 0.6) is 0 Å². The largest absolute Gasteiger partial charge is 0.289 e. The highest BCUT2D eigenvalue weighted by atomic mass is 79.9. The molecule has 2 nitrogen and oxygen atoms in total. The molecule has 4 heteroatoms. The van der Waals surface area contributed by atoms with Gasteiger partial charge >= 0.3 is 0 Å². The smallest absolute Gasteiger partial charge is 0.194 e. The number of hydrogen-bond acceptors (Lipinski definition) is 2. The molecule has 0 aliphatic carbocycles. The van der Waals surface area contributed by atoms with Crippen LogP contribution in [-0.4, -0.2) is 27.9 Å². The van der Waals surface area contributed by atoms with Gasteiger partial charge in [0.15, 0.2) is 5.78 Å². The molecule has 76 valence electrons. The zero-order valence-electron chi connectivity index (χ0n) is 7.99. The minimum atomic E-state index is -2.13. The standard InChI is InChI=1S/C10H11BrO2S/c1-14(2,13)7-10(12)8-5-3-4-6-9(8)11/h3-7H,1-2H3. The van der Waals surface area contributed by atoms with Gasteiger partial charge in [-0.25, -0.2) is 0 Å². The van der Waals surface area contributed by atoms with Gasteiger partial charge in [-0.05, 0) is 21.7 Å². The van der Waals surface area contributed by atoms with Gasteiger partial charge in [-0.2, -0.15) is 0 Å². The van der Waals surface area contributed by atoms with Crippen LogP contribution in [0.1, 0.15) is 10.4 Å². The Kier molecular flexibility index (Phi) is 3.50. The lowest BCUT2D eigenvalue weighted by Crippen LogP contribution is -2.09. The molecule has 0 bridgehead atoms. The van der Waals surface area contributed by atoms with Gasteiger partial charge in [-0.3, -0.25) is 9.00 Å². The number of hydrogen-bond donors (Lipinski definition) is 0.